The highest BCUT2D eigenvalue weighted by atomic mass is 19.1. The molecule has 2 aliphatic heterocycles. The van der Waals surface area contributed by atoms with Gasteiger partial charge in [-0.3, -0.25) is 4.90 Å². The van der Waals surface area contributed by atoms with E-state index in [1.54, 1.807) is 24.0 Å². The molecule has 1 aromatic carbocycles. The maximum Gasteiger partial charge on any atom is 0.411 e. The molecule has 5 nitrogen and oxygen atoms in total. The summed E-state index contributed by atoms with van der Waals surface area (Å²) in [6, 6.07) is 5.35. The highest BCUT2D eigenvalue weighted by Crippen LogP contribution is 2.47. The van der Waals surface area contributed by atoms with Crippen molar-refractivity contribution in [2.45, 2.75) is 58.2 Å². The first-order chi connectivity index (χ1) is 12.2. The van der Waals surface area contributed by atoms with Crippen molar-refractivity contribution in [1.82, 2.24) is 4.90 Å². The van der Waals surface area contributed by atoms with Gasteiger partial charge in [0.2, 0.25) is 0 Å². The highest BCUT2D eigenvalue weighted by Gasteiger charge is 2.52. The number of esters is 1. The van der Waals surface area contributed by atoms with E-state index in [4.69, 9.17) is 9.47 Å². The number of nitrogens with zero attached hydrogens (tertiary/aromatic N) is 1. The molecule has 0 radical (unpaired) electrons. The standard InChI is InChI=1S/C20H24FNO4/c1-5-25-18(23)17-15-11-10-14(22(15)19(24)26-20(2,3)4)16(17)12-6-8-13(21)9-7-12/h6-9,14-15H,5,10-11H2,1-4H3. The Kier molecular flexibility index (Phi) is 4.78. The van der Waals surface area contributed by atoms with Gasteiger partial charge in [0.15, 0.2) is 0 Å². The lowest BCUT2D eigenvalue weighted by Gasteiger charge is -2.28. The minimum absolute atomic E-state index is 0.253. The van der Waals surface area contributed by atoms with Gasteiger partial charge in [-0.25, -0.2) is 14.0 Å². The second kappa shape index (κ2) is 6.74. The molecule has 2 bridgehead atoms. The number of rotatable bonds is 3. The molecule has 3 rings (SSSR count). The van der Waals surface area contributed by atoms with E-state index < -0.39 is 17.7 Å². The van der Waals surface area contributed by atoms with Crippen LogP contribution in [0.2, 0.25) is 0 Å². The maximum absolute atomic E-state index is 13.3. The summed E-state index contributed by atoms with van der Waals surface area (Å²) in [5.41, 5.74) is 1.33. The molecule has 6 heteroatoms. The molecule has 26 heavy (non-hydrogen) atoms. The number of carbonyl (C=O) groups is 2. The predicted molar refractivity (Wildman–Crippen MR) is 94.8 cm³/mol. The second-order valence-electron chi connectivity index (χ2n) is 7.55. The number of fused-ring (bicyclic) bond motifs is 2. The average molecular weight is 361 g/mol. The Morgan fingerprint density at radius 1 is 1.15 bits per heavy atom. The van der Waals surface area contributed by atoms with Crippen LogP contribution in [-0.2, 0) is 14.3 Å². The SMILES string of the molecule is CCOC(=O)C1=C(c2ccc(F)cc2)C2CCC1N2C(=O)OC(C)(C)C. The second-order valence-corrected chi connectivity index (χ2v) is 7.55. The minimum Gasteiger partial charge on any atom is -0.463 e. The number of amides is 1. The lowest BCUT2D eigenvalue weighted by Crippen LogP contribution is -2.41. The molecule has 2 atom stereocenters. The van der Waals surface area contributed by atoms with Crippen LogP contribution in [0.15, 0.2) is 29.8 Å². The van der Waals surface area contributed by atoms with E-state index in [-0.39, 0.29) is 24.5 Å². The molecule has 2 unspecified atom stereocenters. The summed E-state index contributed by atoms with van der Waals surface area (Å²) in [5.74, 6) is -0.772. The first kappa shape index (κ1) is 18.4. The Balaban J connectivity index is 2.01. The Hall–Kier alpha value is -2.37. The van der Waals surface area contributed by atoms with Crippen molar-refractivity contribution in [3.05, 3.63) is 41.2 Å². The Bertz CT molecular complexity index is 748. The molecule has 2 heterocycles. The smallest absolute Gasteiger partial charge is 0.411 e. The van der Waals surface area contributed by atoms with Crippen LogP contribution in [0.3, 0.4) is 0 Å². The minimum atomic E-state index is -0.626. The van der Waals surface area contributed by atoms with Gasteiger partial charge in [-0.2, -0.15) is 0 Å². The molecule has 1 fully saturated rings. The van der Waals surface area contributed by atoms with Crippen molar-refractivity contribution in [1.29, 1.82) is 0 Å². The molecule has 0 spiro atoms. The molecular weight excluding hydrogens is 337 g/mol. The zero-order chi connectivity index (χ0) is 19.1. The fourth-order valence-corrected chi connectivity index (χ4v) is 3.74. The zero-order valence-electron chi connectivity index (χ0n) is 15.5. The van der Waals surface area contributed by atoms with E-state index in [1.807, 2.05) is 20.8 Å². The van der Waals surface area contributed by atoms with E-state index in [0.717, 1.165) is 17.6 Å². The summed E-state index contributed by atoms with van der Waals surface area (Å²) in [4.78, 5) is 27.0. The van der Waals surface area contributed by atoms with Gasteiger partial charge in [0, 0.05) is 0 Å². The lowest BCUT2D eigenvalue weighted by atomic mass is 9.87. The number of benzene rings is 1. The normalized spacial score (nSPS) is 22.0. The van der Waals surface area contributed by atoms with Gasteiger partial charge in [0.25, 0.3) is 0 Å². The molecule has 2 aliphatic rings. The quantitative estimate of drug-likeness (QED) is 0.766. The number of hydrogen-bond donors (Lipinski definition) is 0. The van der Waals surface area contributed by atoms with E-state index in [9.17, 15) is 14.0 Å². The first-order valence-electron chi connectivity index (χ1n) is 8.91. The van der Waals surface area contributed by atoms with Crippen LogP contribution in [0.25, 0.3) is 5.57 Å². The molecule has 0 N–H and O–H groups in total. The van der Waals surface area contributed by atoms with E-state index in [0.29, 0.717) is 12.0 Å². The third kappa shape index (κ3) is 3.32. The van der Waals surface area contributed by atoms with Gasteiger partial charge in [0.05, 0.1) is 24.3 Å². The highest BCUT2D eigenvalue weighted by molar-refractivity contribution is 6.03. The Labute approximate surface area is 152 Å². The molecular formula is C20H24FNO4. The lowest BCUT2D eigenvalue weighted by molar-refractivity contribution is -0.138. The van der Waals surface area contributed by atoms with Crippen LogP contribution in [0.4, 0.5) is 9.18 Å². The van der Waals surface area contributed by atoms with Gasteiger partial charge in [-0.05, 0) is 63.8 Å². The molecule has 140 valence electrons. The summed E-state index contributed by atoms with van der Waals surface area (Å²) in [7, 11) is 0. The fourth-order valence-electron chi connectivity index (χ4n) is 3.74. The van der Waals surface area contributed by atoms with Crippen molar-refractivity contribution < 1.29 is 23.5 Å². The van der Waals surface area contributed by atoms with Crippen LogP contribution < -0.4 is 0 Å². The van der Waals surface area contributed by atoms with E-state index in [1.165, 1.54) is 12.1 Å². The average Bonchev–Trinajstić information content (AvgIpc) is 3.10. The predicted octanol–water partition coefficient (Wildman–Crippen LogP) is 3.92. The fraction of sp³-hybridized carbons (Fsp3) is 0.500. The largest absolute Gasteiger partial charge is 0.463 e. The third-order valence-corrected chi connectivity index (χ3v) is 4.60. The molecule has 1 amide bonds. The van der Waals surface area contributed by atoms with E-state index >= 15 is 0 Å². The van der Waals surface area contributed by atoms with Crippen molar-refractivity contribution >= 4 is 17.6 Å². The monoisotopic (exact) mass is 361 g/mol. The molecule has 1 saturated heterocycles. The summed E-state index contributed by atoms with van der Waals surface area (Å²) in [6.45, 7) is 7.42. The summed E-state index contributed by atoms with van der Waals surface area (Å²) >= 11 is 0. The number of hydrogen-bond acceptors (Lipinski definition) is 4. The summed E-state index contributed by atoms with van der Waals surface area (Å²) in [6.07, 6.45) is 0.978. The van der Waals surface area contributed by atoms with Crippen LogP contribution in [0, 0.1) is 5.82 Å². The zero-order valence-corrected chi connectivity index (χ0v) is 15.5. The van der Waals surface area contributed by atoms with E-state index in [2.05, 4.69) is 0 Å². The molecule has 0 aromatic heterocycles. The van der Waals surface area contributed by atoms with Crippen molar-refractivity contribution in [2.75, 3.05) is 6.61 Å². The first-order valence-corrected chi connectivity index (χ1v) is 8.91. The molecule has 1 aromatic rings. The van der Waals surface area contributed by atoms with Crippen molar-refractivity contribution in [3.63, 3.8) is 0 Å². The number of halogens is 1. The maximum atomic E-state index is 13.3. The Morgan fingerprint density at radius 2 is 1.77 bits per heavy atom. The van der Waals surface area contributed by atoms with Crippen LogP contribution in [0.1, 0.15) is 46.1 Å². The van der Waals surface area contributed by atoms with Gasteiger partial charge in [0.1, 0.15) is 11.4 Å². The van der Waals surface area contributed by atoms with Crippen LogP contribution in [0.5, 0.6) is 0 Å². The van der Waals surface area contributed by atoms with Crippen molar-refractivity contribution in [3.8, 4) is 0 Å². The van der Waals surface area contributed by atoms with Crippen LogP contribution >= 0.6 is 0 Å². The van der Waals surface area contributed by atoms with Crippen LogP contribution in [-0.4, -0.2) is 41.3 Å². The topological polar surface area (TPSA) is 55.8 Å². The third-order valence-electron chi connectivity index (χ3n) is 4.60. The summed E-state index contributed by atoms with van der Waals surface area (Å²) < 4.78 is 24.1. The molecule has 0 saturated carbocycles. The van der Waals surface area contributed by atoms with Crippen molar-refractivity contribution in [2.24, 2.45) is 0 Å². The van der Waals surface area contributed by atoms with Gasteiger partial charge < -0.3 is 9.47 Å². The Morgan fingerprint density at radius 3 is 2.35 bits per heavy atom. The molecule has 0 aliphatic carbocycles. The van der Waals surface area contributed by atoms with Gasteiger partial charge in [-0.15, -0.1) is 0 Å². The van der Waals surface area contributed by atoms with Gasteiger partial charge in [-0.1, -0.05) is 12.1 Å². The number of carbonyl (C=O) groups excluding carboxylic acids is 2. The van der Waals surface area contributed by atoms with Gasteiger partial charge >= 0.3 is 12.1 Å². The summed E-state index contributed by atoms with van der Waals surface area (Å²) in [5, 5.41) is 0. The number of ether oxygens (including phenoxy) is 2.